The number of pyridine rings is 1. The van der Waals surface area contributed by atoms with Crippen molar-refractivity contribution in [3.05, 3.63) is 35.8 Å². The van der Waals surface area contributed by atoms with Crippen molar-refractivity contribution in [3.63, 3.8) is 0 Å². The summed E-state index contributed by atoms with van der Waals surface area (Å²) in [7, 11) is 0. The van der Waals surface area contributed by atoms with Crippen LogP contribution in [0.3, 0.4) is 0 Å². The zero-order valence-corrected chi connectivity index (χ0v) is 7.81. The molecule has 1 aromatic rings. The monoisotopic (exact) mass is 189 g/mol. The molecule has 0 unspecified atom stereocenters. The first-order chi connectivity index (χ1) is 6.66. The Morgan fingerprint density at radius 3 is 2.79 bits per heavy atom. The summed E-state index contributed by atoms with van der Waals surface area (Å²) < 4.78 is 0. The van der Waals surface area contributed by atoms with E-state index >= 15 is 0 Å². The Balaban J connectivity index is 2.99. The van der Waals surface area contributed by atoms with Gasteiger partial charge in [0.05, 0.1) is 11.6 Å². The first-order valence-corrected chi connectivity index (χ1v) is 3.99. The van der Waals surface area contributed by atoms with Crippen LogP contribution in [-0.2, 0) is 0 Å². The van der Waals surface area contributed by atoms with Gasteiger partial charge in [-0.05, 0) is 19.1 Å². The van der Waals surface area contributed by atoms with Gasteiger partial charge >= 0.3 is 0 Å². The van der Waals surface area contributed by atoms with E-state index in [4.69, 9.17) is 16.8 Å². The summed E-state index contributed by atoms with van der Waals surface area (Å²) in [4.78, 5) is 3.99. The van der Waals surface area contributed by atoms with Crippen LogP contribution in [0.1, 0.15) is 6.92 Å². The van der Waals surface area contributed by atoms with Crippen molar-refractivity contribution in [3.8, 4) is 6.07 Å². The van der Waals surface area contributed by atoms with Crippen molar-refractivity contribution in [2.75, 3.05) is 5.01 Å². The highest BCUT2D eigenvalue weighted by atomic mass is 15.5. The number of aromatic nitrogens is 1. The Bertz CT molecular complexity index is 376. The molecule has 5 nitrogen and oxygen atoms in total. The molecule has 14 heavy (non-hydrogen) atoms. The molecule has 0 atom stereocenters. The highest BCUT2D eigenvalue weighted by molar-refractivity contribution is 5.45. The molecule has 0 bridgehead atoms. The second-order valence-electron chi connectivity index (χ2n) is 2.68. The first kappa shape index (κ1) is 10.0. The Hall–Kier alpha value is -2.06. The summed E-state index contributed by atoms with van der Waals surface area (Å²) in [6.07, 6.45) is 1.60. The van der Waals surface area contributed by atoms with Crippen LogP contribution in [-0.4, -0.2) is 4.98 Å². The molecular weight excluding hydrogens is 178 g/mol. The predicted octanol–water partition coefficient (Wildman–Crippen LogP) is 0.475. The van der Waals surface area contributed by atoms with Crippen LogP contribution in [0, 0.1) is 11.3 Å². The quantitative estimate of drug-likeness (QED) is 0.401. The first-order valence-electron chi connectivity index (χ1n) is 3.99. The van der Waals surface area contributed by atoms with Crippen LogP contribution < -0.4 is 16.6 Å². The molecule has 5 heteroatoms. The SMILES string of the molecule is C/C(C#N)=C(/N)N(N)c1ccccn1. The van der Waals surface area contributed by atoms with Gasteiger partial charge in [0.25, 0.3) is 0 Å². The normalized spacial score (nSPS) is 11.5. The van der Waals surface area contributed by atoms with Crippen molar-refractivity contribution in [1.29, 1.82) is 5.26 Å². The number of hydrogen-bond acceptors (Lipinski definition) is 5. The van der Waals surface area contributed by atoms with Gasteiger partial charge < -0.3 is 5.73 Å². The molecule has 72 valence electrons. The second-order valence-corrected chi connectivity index (χ2v) is 2.68. The van der Waals surface area contributed by atoms with E-state index in [0.717, 1.165) is 0 Å². The molecule has 1 heterocycles. The number of nitrogens with zero attached hydrogens (tertiary/aromatic N) is 3. The summed E-state index contributed by atoms with van der Waals surface area (Å²) in [5.41, 5.74) is 5.98. The van der Waals surface area contributed by atoms with Crippen LogP contribution in [0.4, 0.5) is 5.82 Å². The molecule has 0 spiro atoms. The molecule has 0 radical (unpaired) electrons. The van der Waals surface area contributed by atoms with Crippen molar-refractivity contribution in [2.45, 2.75) is 6.92 Å². The van der Waals surface area contributed by atoms with Gasteiger partial charge in [0, 0.05) is 6.20 Å². The molecule has 4 N–H and O–H groups in total. The lowest BCUT2D eigenvalue weighted by atomic mass is 10.3. The van der Waals surface area contributed by atoms with E-state index in [1.54, 1.807) is 31.3 Å². The van der Waals surface area contributed by atoms with E-state index in [2.05, 4.69) is 4.98 Å². The van der Waals surface area contributed by atoms with Crippen LogP contribution in [0.15, 0.2) is 35.8 Å². The number of nitrogens with two attached hydrogens (primary N) is 2. The third-order valence-electron chi connectivity index (χ3n) is 1.71. The van der Waals surface area contributed by atoms with Crippen molar-refractivity contribution < 1.29 is 0 Å². The Kier molecular flexibility index (Phi) is 3.05. The van der Waals surface area contributed by atoms with Crippen molar-refractivity contribution in [2.24, 2.45) is 11.6 Å². The van der Waals surface area contributed by atoms with E-state index in [1.165, 1.54) is 5.01 Å². The maximum Gasteiger partial charge on any atom is 0.148 e. The lowest BCUT2D eigenvalue weighted by molar-refractivity contribution is 0.931. The maximum absolute atomic E-state index is 8.61. The largest absolute Gasteiger partial charge is 0.383 e. The lowest BCUT2D eigenvalue weighted by Gasteiger charge is -2.17. The van der Waals surface area contributed by atoms with Gasteiger partial charge in [-0.2, -0.15) is 5.26 Å². The lowest BCUT2D eigenvalue weighted by Crippen LogP contribution is -2.35. The third-order valence-corrected chi connectivity index (χ3v) is 1.71. The minimum absolute atomic E-state index is 0.200. The van der Waals surface area contributed by atoms with E-state index in [0.29, 0.717) is 11.4 Å². The number of allylic oxidation sites excluding steroid dienone is 1. The number of rotatable bonds is 2. The molecule has 0 aliphatic rings. The van der Waals surface area contributed by atoms with Gasteiger partial charge in [0.15, 0.2) is 0 Å². The Labute approximate surface area is 82.2 Å². The van der Waals surface area contributed by atoms with Crippen molar-refractivity contribution >= 4 is 5.82 Å². The summed E-state index contributed by atoms with van der Waals surface area (Å²) in [5.74, 6) is 6.35. The van der Waals surface area contributed by atoms with Gasteiger partial charge in [0.2, 0.25) is 0 Å². The highest BCUT2D eigenvalue weighted by Crippen LogP contribution is 2.09. The van der Waals surface area contributed by atoms with E-state index in [-0.39, 0.29) is 5.82 Å². The van der Waals surface area contributed by atoms with Gasteiger partial charge in [-0.3, -0.25) is 0 Å². The fraction of sp³-hybridized carbons (Fsp3) is 0.111. The smallest absolute Gasteiger partial charge is 0.148 e. The van der Waals surface area contributed by atoms with E-state index in [9.17, 15) is 0 Å². The van der Waals surface area contributed by atoms with Crippen LogP contribution in [0.25, 0.3) is 0 Å². The fourth-order valence-electron chi connectivity index (χ4n) is 0.858. The molecule has 0 saturated carbocycles. The summed E-state index contributed by atoms with van der Waals surface area (Å²) in [5, 5.41) is 9.79. The predicted molar refractivity (Wildman–Crippen MR) is 53.4 cm³/mol. The average molecular weight is 189 g/mol. The van der Waals surface area contributed by atoms with Crippen LogP contribution >= 0.6 is 0 Å². The van der Waals surface area contributed by atoms with Gasteiger partial charge in [-0.1, -0.05) is 6.07 Å². The number of nitriles is 1. The van der Waals surface area contributed by atoms with Crippen LogP contribution in [0.5, 0.6) is 0 Å². The maximum atomic E-state index is 8.61. The van der Waals surface area contributed by atoms with E-state index < -0.39 is 0 Å². The molecule has 0 aliphatic carbocycles. The average Bonchev–Trinajstić information content (AvgIpc) is 2.27. The summed E-state index contributed by atoms with van der Waals surface area (Å²) >= 11 is 0. The number of hydrazine groups is 1. The Morgan fingerprint density at radius 1 is 1.57 bits per heavy atom. The molecule has 0 amide bonds. The molecular formula is C9H11N5. The van der Waals surface area contributed by atoms with Gasteiger partial charge in [0.1, 0.15) is 11.6 Å². The molecule has 0 saturated heterocycles. The molecule has 1 aromatic heterocycles. The molecule has 0 fully saturated rings. The summed E-state index contributed by atoms with van der Waals surface area (Å²) in [6, 6.07) is 7.19. The van der Waals surface area contributed by atoms with Crippen LogP contribution in [0.2, 0.25) is 0 Å². The molecule has 0 aromatic carbocycles. The third kappa shape index (κ3) is 2.00. The second kappa shape index (κ2) is 4.25. The Morgan fingerprint density at radius 2 is 2.29 bits per heavy atom. The molecule has 1 rings (SSSR count). The van der Waals surface area contributed by atoms with E-state index in [1.807, 2.05) is 6.07 Å². The minimum atomic E-state index is 0.200. The number of hydrogen-bond donors (Lipinski definition) is 2. The zero-order valence-electron chi connectivity index (χ0n) is 7.81. The standard InChI is InChI=1S/C9H11N5/c1-7(6-10)9(11)14(12)8-4-2-3-5-13-8/h2-5H,11-12H2,1H3/b9-7+. The fourth-order valence-corrected chi connectivity index (χ4v) is 0.858. The van der Waals surface area contributed by atoms with Gasteiger partial charge in [-0.15, -0.1) is 0 Å². The number of anilines is 1. The topological polar surface area (TPSA) is 92.0 Å². The van der Waals surface area contributed by atoms with Gasteiger partial charge in [-0.25, -0.2) is 15.8 Å². The van der Waals surface area contributed by atoms with Crippen molar-refractivity contribution in [1.82, 2.24) is 4.98 Å². The zero-order chi connectivity index (χ0) is 10.6. The summed E-state index contributed by atoms with van der Waals surface area (Å²) in [6.45, 7) is 1.60. The minimum Gasteiger partial charge on any atom is -0.383 e. The molecule has 0 aliphatic heterocycles. The highest BCUT2D eigenvalue weighted by Gasteiger charge is 2.07.